The molecule has 5 rings (SSSR count). The summed E-state index contributed by atoms with van der Waals surface area (Å²) in [5, 5.41) is 13.7. The van der Waals surface area contributed by atoms with E-state index in [0.717, 1.165) is 65.9 Å². The lowest BCUT2D eigenvalue weighted by Gasteiger charge is -2.21. The largest absolute Gasteiger partial charge is 0.493 e. The standard InChI is InChI=1S/C26H27N3O2/c1-25(2,3)23-20(15-27)19-14-18(7-8-21(19)29-23)28-24(30)26(10-11-26)17-6-9-22-16(13-17)5-4-12-31-22/h6-9,13-14,29H,4-5,10-12H2,1-3H3,(H,28,30). The molecule has 0 bridgehead atoms. The lowest BCUT2D eigenvalue weighted by molar-refractivity contribution is -0.118. The number of nitriles is 1. The maximum Gasteiger partial charge on any atom is 0.235 e. The normalized spacial score (nSPS) is 16.8. The van der Waals surface area contributed by atoms with Crippen LogP contribution in [0.3, 0.4) is 0 Å². The second-order valence-electron chi connectivity index (χ2n) is 9.81. The third-order valence-electron chi connectivity index (χ3n) is 6.56. The first kappa shape index (κ1) is 19.7. The summed E-state index contributed by atoms with van der Waals surface area (Å²) < 4.78 is 5.73. The minimum absolute atomic E-state index is 0.0219. The van der Waals surface area contributed by atoms with Crippen molar-refractivity contribution in [3.63, 3.8) is 0 Å². The van der Waals surface area contributed by atoms with Crippen molar-refractivity contribution in [1.29, 1.82) is 5.26 Å². The van der Waals surface area contributed by atoms with Crippen molar-refractivity contribution in [3.05, 3.63) is 58.8 Å². The summed E-state index contributed by atoms with van der Waals surface area (Å²) in [5.41, 5.74) is 4.85. The van der Waals surface area contributed by atoms with E-state index in [9.17, 15) is 10.1 Å². The van der Waals surface area contributed by atoms with E-state index in [-0.39, 0.29) is 11.3 Å². The van der Waals surface area contributed by atoms with E-state index in [4.69, 9.17) is 4.74 Å². The maximum absolute atomic E-state index is 13.3. The average Bonchev–Trinajstić information content (AvgIpc) is 3.48. The Kier molecular flexibility index (Phi) is 4.37. The Hall–Kier alpha value is -3.26. The van der Waals surface area contributed by atoms with Crippen LogP contribution in [0.4, 0.5) is 5.69 Å². The molecule has 0 radical (unpaired) electrons. The molecular formula is C26H27N3O2. The van der Waals surface area contributed by atoms with Crippen LogP contribution in [0.5, 0.6) is 5.75 Å². The van der Waals surface area contributed by atoms with Crippen molar-refractivity contribution in [3.8, 4) is 11.8 Å². The average molecular weight is 414 g/mol. The fraction of sp³-hybridized carbons (Fsp3) is 0.385. The maximum atomic E-state index is 13.3. The fourth-order valence-corrected chi connectivity index (χ4v) is 4.63. The minimum Gasteiger partial charge on any atom is -0.493 e. The van der Waals surface area contributed by atoms with E-state index in [1.807, 2.05) is 30.3 Å². The minimum atomic E-state index is -0.464. The number of H-pyrrole nitrogens is 1. The number of fused-ring (bicyclic) bond motifs is 2. The Morgan fingerprint density at radius 2 is 2.00 bits per heavy atom. The summed E-state index contributed by atoms with van der Waals surface area (Å²) in [6, 6.07) is 14.3. The molecule has 0 unspecified atom stereocenters. The van der Waals surface area contributed by atoms with Crippen molar-refractivity contribution in [2.45, 2.75) is 57.3 Å². The zero-order valence-corrected chi connectivity index (χ0v) is 18.3. The van der Waals surface area contributed by atoms with Crippen LogP contribution in [0.25, 0.3) is 10.9 Å². The zero-order chi connectivity index (χ0) is 21.8. The molecule has 2 N–H and O–H groups in total. The smallest absolute Gasteiger partial charge is 0.235 e. The van der Waals surface area contributed by atoms with Crippen LogP contribution in [0.1, 0.15) is 62.4 Å². The number of aromatic nitrogens is 1. The van der Waals surface area contributed by atoms with Crippen LogP contribution < -0.4 is 10.1 Å². The summed E-state index contributed by atoms with van der Waals surface area (Å²) in [4.78, 5) is 16.7. The molecule has 31 heavy (non-hydrogen) atoms. The number of aromatic amines is 1. The Morgan fingerprint density at radius 3 is 2.71 bits per heavy atom. The quantitative estimate of drug-likeness (QED) is 0.609. The molecule has 0 saturated heterocycles. The molecule has 0 atom stereocenters. The highest BCUT2D eigenvalue weighted by Crippen LogP contribution is 2.50. The molecule has 5 nitrogen and oxygen atoms in total. The number of nitrogens with one attached hydrogen (secondary N) is 2. The van der Waals surface area contributed by atoms with Gasteiger partial charge in [-0.15, -0.1) is 0 Å². The van der Waals surface area contributed by atoms with Gasteiger partial charge in [0.25, 0.3) is 0 Å². The van der Waals surface area contributed by atoms with Crippen molar-refractivity contribution in [2.24, 2.45) is 0 Å². The van der Waals surface area contributed by atoms with Crippen molar-refractivity contribution < 1.29 is 9.53 Å². The number of hydrogen-bond acceptors (Lipinski definition) is 3. The first-order valence-corrected chi connectivity index (χ1v) is 11.0. The molecular weight excluding hydrogens is 386 g/mol. The van der Waals surface area contributed by atoms with Gasteiger partial charge in [-0.1, -0.05) is 32.9 Å². The van der Waals surface area contributed by atoms with Gasteiger partial charge in [0.1, 0.15) is 11.8 Å². The van der Waals surface area contributed by atoms with Crippen molar-refractivity contribution in [1.82, 2.24) is 4.98 Å². The van der Waals surface area contributed by atoms with Gasteiger partial charge in [0.05, 0.1) is 17.6 Å². The molecule has 1 aliphatic carbocycles. The van der Waals surface area contributed by atoms with Gasteiger partial charge in [0.2, 0.25) is 5.91 Å². The van der Waals surface area contributed by atoms with Gasteiger partial charge in [0, 0.05) is 27.7 Å². The lowest BCUT2D eigenvalue weighted by Crippen LogP contribution is -2.28. The number of hydrogen-bond donors (Lipinski definition) is 2. The molecule has 1 fully saturated rings. The van der Waals surface area contributed by atoms with Gasteiger partial charge in [-0.05, 0) is 61.1 Å². The number of amides is 1. The number of nitrogens with zero attached hydrogens (tertiary/aromatic N) is 1. The molecule has 158 valence electrons. The highest BCUT2D eigenvalue weighted by atomic mass is 16.5. The van der Waals surface area contributed by atoms with Gasteiger partial charge >= 0.3 is 0 Å². The molecule has 1 aromatic heterocycles. The molecule has 3 aromatic rings. The molecule has 2 aliphatic rings. The number of aryl methyl sites for hydroxylation is 1. The van der Waals surface area contributed by atoms with E-state index >= 15 is 0 Å². The van der Waals surface area contributed by atoms with Crippen LogP contribution in [-0.4, -0.2) is 17.5 Å². The van der Waals surface area contributed by atoms with E-state index in [2.05, 4.69) is 43.2 Å². The second kappa shape index (κ2) is 6.88. The molecule has 1 amide bonds. The van der Waals surface area contributed by atoms with Gasteiger partial charge in [-0.3, -0.25) is 4.79 Å². The van der Waals surface area contributed by atoms with E-state index in [1.54, 1.807) is 0 Å². The Bertz CT molecular complexity index is 1240. The second-order valence-corrected chi connectivity index (χ2v) is 9.81. The highest BCUT2D eigenvalue weighted by molar-refractivity contribution is 6.03. The topological polar surface area (TPSA) is 77.9 Å². The van der Waals surface area contributed by atoms with Crippen LogP contribution in [0.15, 0.2) is 36.4 Å². The summed E-state index contributed by atoms with van der Waals surface area (Å²) in [6.45, 7) is 7.02. The summed E-state index contributed by atoms with van der Waals surface area (Å²) >= 11 is 0. The summed E-state index contributed by atoms with van der Waals surface area (Å²) in [6.07, 6.45) is 3.72. The third-order valence-corrected chi connectivity index (χ3v) is 6.56. The summed E-state index contributed by atoms with van der Waals surface area (Å²) in [7, 11) is 0. The first-order valence-electron chi connectivity index (χ1n) is 11.0. The molecule has 1 aliphatic heterocycles. The van der Waals surface area contributed by atoms with E-state index in [1.165, 1.54) is 5.56 Å². The number of rotatable bonds is 3. The predicted octanol–water partition coefficient (Wildman–Crippen LogP) is 5.33. The predicted molar refractivity (Wildman–Crippen MR) is 122 cm³/mol. The van der Waals surface area contributed by atoms with E-state index in [0.29, 0.717) is 5.56 Å². The Balaban J connectivity index is 1.45. The van der Waals surface area contributed by atoms with E-state index < -0.39 is 5.41 Å². The molecule has 1 saturated carbocycles. The van der Waals surface area contributed by atoms with Crippen LogP contribution in [-0.2, 0) is 22.0 Å². The SMILES string of the molecule is CC(C)(C)c1[nH]c2ccc(NC(=O)C3(c4ccc5c(c4)CCCO5)CC3)cc2c1C#N. The monoisotopic (exact) mass is 413 g/mol. The number of carbonyl (C=O) groups excluding carboxylic acids is 1. The van der Waals surface area contributed by atoms with Crippen molar-refractivity contribution in [2.75, 3.05) is 11.9 Å². The molecule has 2 aromatic carbocycles. The van der Waals surface area contributed by atoms with Crippen molar-refractivity contribution >= 4 is 22.5 Å². The molecule has 0 spiro atoms. The Morgan fingerprint density at radius 1 is 1.19 bits per heavy atom. The van der Waals surface area contributed by atoms with Gasteiger partial charge in [-0.2, -0.15) is 5.26 Å². The number of carbonyl (C=O) groups is 1. The fourth-order valence-electron chi connectivity index (χ4n) is 4.63. The third kappa shape index (κ3) is 3.27. The number of benzene rings is 2. The molecule has 2 heterocycles. The van der Waals surface area contributed by atoms with Gasteiger partial charge < -0.3 is 15.0 Å². The number of ether oxygens (including phenoxy) is 1. The van der Waals surface area contributed by atoms with Crippen LogP contribution >= 0.6 is 0 Å². The highest BCUT2D eigenvalue weighted by Gasteiger charge is 2.51. The lowest BCUT2D eigenvalue weighted by atomic mass is 9.89. The van der Waals surface area contributed by atoms with Gasteiger partial charge in [0.15, 0.2) is 0 Å². The zero-order valence-electron chi connectivity index (χ0n) is 18.3. The van der Waals surface area contributed by atoms with Crippen LogP contribution in [0, 0.1) is 11.3 Å². The van der Waals surface area contributed by atoms with Crippen LogP contribution in [0.2, 0.25) is 0 Å². The van der Waals surface area contributed by atoms with Gasteiger partial charge in [-0.25, -0.2) is 0 Å². The summed E-state index contributed by atoms with van der Waals surface area (Å²) in [5.74, 6) is 0.969. The Labute approximate surface area is 182 Å². The first-order chi connectivity index (χ1) is 14.8. The number of anilines is 1. The molecule has 5 heteroatoms.